The van der Waals surface area contributed by atoms with Crippen molar-refractivity contribution in [2.45, 2.75) is 0 Å². The molecule has 1 nitrogen and oxygen atoms in total. The molecule has 9 aromatic carbocycles. The van der Waals surface area contributed by atoms with Crippen molar-refractivity contribution in [1.82, 2.24) is 0 Å². The standard InChI is InChI=1S/C46H28O/c1-2-11-30(12-3-1)44-37-14-6-8-16-39(37)45(40-17-9-7-15-38(40)44)35-21-20-31-26-32(18-19-33(31)27-35)34-23-24-42-41(28-34)46-36-13-5-4-10-29(36)22-25-43(46)47-42/h1-28H/i6D,7D,8D,9D,14D,15D,16D,17D. The van der Waals surface area contributed by atoms with E-state index in [1.165, 1.54) is 0 Å². The Bertz CT molecular complexity index is 3220. The highest BCUT2D eigenvalue weighted by Gasteiger charge is 2.17. The number of hydrogen-bond donors (Lipinski definition) is 0. The number of rotatable bonds is 3. The first kappa shape index (κ1) is 19.4. The van der Waals surface area contributed by atoms with E-state index in [0.29, 0.717) is 22.3 Å². The fraction of sp³-hybridized carbons (Fsp3) is 0. The Morgan fingerprint density at radius 3 is 1.62 bits per heavy atom. The normalized spacial score (nSPS) is 14.2. The number of furan rings is 1. The molecule has 0 bridgehead atoms. The molecule has 10 rings (SSSR count). The summed E-state index contributed by atoms with van der Waals surface area (Å²) in [7, 11) is 0. The molecule has 0 N–H and O–H groups in total. The van der Waals surface area contributed by atoms with Gasteiger partial charge in [-0.25, -0.2) is 0 Å². The molecule has 0 unspecified atom stereocenters. The van der Waals surface area contributed by atoms with Gasteiger partial charge in [0.15, 0.2) is 0 Å². The van der Waals surface area contributed by atoms with Crippen molar-refractivity contribution < 1.29 is 15.4 Å². The van der Waals surface area contributed by atoms with Crippen molar-refractivity contribution in [3.05, 3.63) is 170 Å². The van der Waals surface area contributed by atoms with Gasteiger partial charge in [0.25, 0.3) is 0 Å². The van der Waals surface area contributed by atoms with Gasteiger partial charge in [0.2, 0.25) is 0 Å². The highest BCUT2D eigenvalue weighted by atomic mass is 16.3. The van der Waals surface area contributed by atoms with E-state index in [1.807, 2.05) is 60.7 Å². The molecule has 0 aliphatic heterocycles. The zero-order valence-corrected chi connectivity index (χ0v) is 25.0. The summed E-state index contributed by atoms with van der Waals surface area (Å²) in [6.07, 6.45) is 0. The second-order valence-electron chi connectivity index (χ2n) is 11.9. The molecule has 0 atom stereocenters. The van der Waals surface area contributed by atoms with E-state index in [0.717, 1.165) is 54.6 Å². The Morgan fingerprint density at radius 1 is 0.362 bits per heavy atom. The molecule has 10 aromatic rings. The van der Waals surface area contributed by atoms with Crippen LogP contribution in [0, 0.1) is 0 Å². The first-order valence-electron chi connectivity index (χ1n) is 19.5. The molecule has 1 heteroatoms. The number of fused-ring (bicyclic) bond motifs is 8. The minimum Gasteiger partial charge on any atom is -0.456 e. The van der Waals surface area contributed by atoms with Gasteiger partial charge in [-0.05, 0) is 107 Å². The summed E-state index contributed by atoms with van der Waals surface area (Å²) in [6, 6.07) is 36.7. The van der Waals surface area contributed by atoms with E-state index < -0.39 is 24.2 Å². The van der Waals surface area contributed by atoms with Crippen LogP contribution >= 0.6 is 0 Å². The molecule has 1 heterocycles. The highest BCUT2D eigenvalue weighted by Crippen LogP contribution is 2.44. The second kappa shape index (κ2) is 10.2. The van der Waals surface area contributed by atoms with E-state index in [9.17, 15) is 2.74 Å². The first-order chi connectivity index (χ1) is 26.6. The van der Waals surface area contributed by atoms with Gasteiger partial charge in [-0.2, -0.15) is 0 Å². The van der Waals surface area contributed by atoms with Crippen LogP contribution in [0.3, 0.4) is 0 Å². The smallest absolute Gasteiger partial charge is 0.136 e. The highest BCUT2D eigenvalue weighted by molar-refractivity contribution is 6.22. The maximum Gasteiger partial charge on any atom is 0.136 e. The Morgan fingerprint density at radius 2 is 0.894 bits per heavy atom. The van der Waals surface area contributed by atoms with Gasteiger partial charge < -0.3 is 4.42 Å². The Balaban J connectivity index is 1.23. The lowest BCUT2D eigenvalue weighted by atomic mass is 9.85. The molecule has 218 valence electrons. The van der Waals surface area contributed by atoms with Crippen LogP contribution in [0.2, 0.25) is 0 Å². The SMILES string of the molecule is [2H]c1c([2H])c([2H])c2c(-c3ccc4cc(-c5ccc6oc7ccc8ccccc8c7c6c5)ccc4c3)c3c([2H])c([2H])c([2H])c([2H])c3c(-c3ccccc3)c2c1[2H]. The molecular formula is C46H28O. The average molecular weight is 605 g/mol. The largest absolute Gasteiger partial charge is 0.456 e. The van der Waals surface area contributed by atoms with E-state index >= 15 is 0 Å². The molecule has 0 radical (unpaired) electrons. The van der Waals surface area contributed by atoms with Gasteiger partial charge in [0.05, 0.1) is 11.0 Å². The third kappa shape index (κ3) is 4.03. The minimum absolute atomic E-state index is 0.200. The van der Waals surface area contributed by atoms with Crippen LogP contribution in [-0.4, -0.2) is 0 Å². The van der Waals surface area contributed by atoms with Crippen molar-refractivity contribution in [3.8, 4) is 33.4 Å². The van der Waals surface area contributed by atoms with Crippen molar-refractivity contribution in [3.63, 3.8) is 0 Å². The molecule has 47 heavy (non-hydrogen) atoms. The molecule has 0 amide bonds. The van der Waals surface area contributed by atoms with Gasteiger partial charge in [0, 0.05) is 10.8 Å². The minimum atomic E-state index is -0.418. The fourth-order valence-electron chi connectivity index (χ4n) is 7.11. The zero-order chi connectivity index (χ0) is 37.9. The summed E-state index contributed by atoms with van der Waals surface area (Å²) in [5.41, 5.74) is 5.51. The van der Waals surface area contributed by atoms with Gasteiger partial charge in [-0.15, -0.1) is 0 Å². The topological polar surface area (TPSA) is 13.1 Å². The van der Waals surface area contributed by atoms with Crippen LogP contribution in [0.4, 0.5) is 0 Å². The maximum atomic E-state index is 9.21. The van der Waals surface area contributed by atoms with Crippen LogP contribution in [0.25, 0.3) is 98.4 Å². The van der Waals surface area contributed by atoms with Gasteiger partial charge in [-0.3, -0.25) is 0 Å². The Hall–Kier alpha value is -6.18. The zero-order valence-electron chi connectivity index (χ0n) is 33.0. The molecule has 0 spiro atoms. The van der Waals surface area contributed by atoms with Crippen molar-refractivity contribution in [1.29, 1.82) is 0 Å². The van der Waals surface area contributed by atoms with Crippen LogP contribution in [0.15, 0.2) is 174 Å². The van der Waals surface area contributed by atoms with Crippen molar-refractivity contribution in [2.75, 3.05) is 0 Å². The van der Waals surface area contributed by atoms with E-state index in [4.69, 9.17) is 12.6 Å². The molecule has 0 saturated carbocycles. The van der Waals surface area contributed by atoms with Gasteiger partial charge in [-0.1, -0.05) is 139 Å². The third-order valence-corrected chi connectivity index (χ3v) is 9.26. The van der Waals surface area contributed by atoms with Crippen LogP contribution in [-0.2, 0) is 0 Å². The van der Waals surface area contributed by atoms with Gasteiger partial charge in [0.1, 0.15) is 11.2 Å². The Labute approximate surface area is 283 Å². The summed E-state index contributed by atoms with van der Waals surface area (Å²) in [4.78, 5) is 0. The molecule has 0 saturated heterocycles. The maximum absolute atomic E-state index is 9.21. The summed E-state index contributed by atoms with van der Waals surface area (Å²) >= 11 is 0. The van der Waals surface area contributed by atoms with E-state index in [-0.39, 0.29) is 45.7 Å². The van der Waals surface area contributed by atoms with Gasteiger partial charge >= 0.3 is 0 Å². The van der Waals surface area contributed by atoms with Crippen molar-refractivity contribution in [2.24, 2.45) is 0 Å². The molecule has 0 fully saturated rings. The first-order valence-corrected chi connectivity index (χ1v) is 15.5. The molecule has 1 aromatic heterocycles. The lowest BCUT2D eigenvalue weighted by molar-refractivity contribution is 0.669. The van der Waals surface area contributed by atoms with Crippen LogP contribution in [0.5, 0.6) is 0 Å². The quantitative estimate of drug-likeness (QED) is 0.183. The molecular weight excluding hydrogens is 569 g/mol. The average Bonchev–Trinajstić information content (AvgIpc) is 3.61. The van der Waals surface area contributed by atoms with Crippen molar-refractivity contribution >= 4 is 65.0 Å². The summed E-state index contributed by atoms with van der Waals surface area (Å²) in [5.74, 6) is 0. The molecule has 0 aliphatic carbocycles. The number of hydrogen-bond acceptors (Lipinski definition) is 1. The van der Waals surface area contributed by atoms with Crippen LogP contribution < -0.4 is 0 Å². The fourth-order valence-corrected chi connectivity index (χ4v) is 7.11. The summed E-state index contributed by atoms with van der Waals surface area (Å²) in [5, 5.41) is 6.99. The predicted molar refractivity (Wildman–Crippen MR) is 200 cm³/mol. The monoisotopic (exact) mass is 604 g/mol. The lowest BCUT2D eigenvalue weighted by Crippen LogP contribution is -1.90. The van der Waals surface area contributed by atoms with Crippen LogP contribution in [0.1, 0.15) is 11.0 Å². The second-order valence-corrected chi connectivity index (χ2v) is 11.9. The summed E-state index contributed by atoms with van der Waals surface area (Å²) in [6.45, 7) is 0. The molecule has 0 aliphatic rings. The summed E-state index contributed by atoms with van der Waals surface area (Å²) < 4.78 is 77.6. The predicted octanol–water partition coefficient (Wildman–Crippen LogP) is 13.2. The van der Waals surface area contributed by atoms with E-state index in [1.54, 1.807) is 24.3 Å². The Kier molecular flexibility index (Phi) is 4.19. The number of benzene rings is 9. The van der Waals surface area contributed by atoms with E-state index in [2.05, 4.69) is 36.4 Å². The third-order valence-electron chi connectivity index (χ3n) is 9.26. The lowest BCUT2D eigenvalue weighted by Gasteiger charge is -2.18.